The average Bonchev–Trinajstić information content (AvgIpc) is 2.03. The summed E-state index contributed by atoms with van der Waals surface area (Å²) in [5, 5.41) is 0. The topological polar surface area (TPSA) is 9.23 Å². The van der Waals surface area contributed by atoms with E-state index in [4.69, 9.17) is 4.74 Å². The lowest BCUT2D eigenvalue weighted by atomic mass is 10.3. The second-order valence-electron chi connectivity index (χ2n) is 2.88. The molecule has 0 fully saturated rings. The predicted octanol–water partition coefficient (Wildman–Crippen LogP) is 3.58. The summed E-state index contributed by atoms with van der Waals surface area (Å²) in [6, 6.07) is 7.53. The van der Waals surface area contributed by atoms with Crippen molar-refractivity contribution in [3.63, 3.8) is 0 Å². The van der Waals surface area contributed by atoms with Crippen LogP contribution in [0, 0.1) is 0 Å². The Morgan fingerprint density at radius 1 is 1.54 bits per heavy atom. The third-order valence-corrected chi connectivity index (χ3v) is 2.07. The maximum Gasteiger partial charge on any atom is 0.120 e. The summed E-state index contributed by atoms with van der Waals surface area (Å²) in [5.74, 6) is 0.773. The molecule has 0 aromatic heterocycles. The van der Waals surface area contributed by atoms with Crippen LogP contribution in [0.5, 0.6) is 5.75 Å². The summed E-state index contributed by atoms with van der Waals surface area (Å²) in [6.07, 6.45) is -0.362. The molecule has 0 radical (unpaired) electrons. The van der Waals surface area contributed by atoms with E-state index in [2.05, 4.69) is 15.9 Å². The molecule has 0 aliphatic carbocycles. The lowest BCUT2D eigenvalue weighted by Gasteiger charge is -2.06. The van der Waals surface area contributed by atoms with Crippen LogP contribution in [0.4, 0.5) is 4.39 Å². The minimum absolute atomic E-state index is 0.425. The molecule has 1 aromatic rings. The highest BCUT2D eigenvalue weighted by Gasteiger charge is 1.98. The number of benzene rings is 1. The number of hydrogen-bond donors (Lipinski definition) is 0. The van der Waals surface area contributed by atoms with Crippen molar-refractivity contribution in [3.8, 4) is 5.75 Å². The van der Waals surface area contributed by atoms with Gasteiger partial charge in [-0.2, -0.15) is 0 Å². The van der Waals surface area contributed by atoms with E-state index in [1.54, 1.807) is 0 Å². The molecule has 3 heteroatoms. The van der Waals surface area contributed by atoms with Crippen LogP contribution in [0.3, 0.4) is 0 Å². The van der Waals surface area contributed by atoms with Crippen LogP contribution in [-0.2, 0) is 0 Å². The fraction of sp³-hybridized carbons (Fsp3) is 0.400. The molecular formula is C10H12BrFO. The van der Waals surface area contributed by atoms with Crippen molar-refractivity contribution in [1.82, 2.24) is 0 Å². The van der Waals surface area contributed by atoms with E-state index >= 15 is 0 Å². The number of halogens is 2. The van der Waals surface area contributed by atoms with Gasteiger partial charge < -0.3 is 4.74 Å². The molecule has 0 saturated heterocycles. The second kappa shape index (κ2) is 5.22. The Morgan fingerprint density at radius 3 is 2.92 bits per heavy atom. The van der Waals surface area contributed by atoms with Crippen molar-refractivity contribution in [2.45, 2.75) is 19.5 Å². The van der Waals surface area contributed by atoms with Gasteiger partial charge in [-0.1, -0.05) is 22.0 Å². The Morgan fingerprint density at radius 2 is 2.31 bits per heavy atom. The highest BCUT2D eigenvalue weighted by Crippen LogP contribution is 2.17. The highest BCUT2D eigenvalue weighted by molar-refractivity contribution is 9.10. The van der Waals surface area contributed by atoms with E-state index in [1.807, 2.05) is 24.3 Å². The SMILES string of the molecule is CC(F)CCOc1cccc(Br)c1. The van der Waals surface area contributed by atoms with Crippen LogP contribution in [0.2, 0.25) is 0 Å². The first-order chi connectivity index (χ1) is 6.18. The maximum atomic E-state index is 12.4. The molecule has 1 nitrogen and oxygen atoms in total. The van der Waals surface area contributed by atoms with Gasteiger partial charge in [0.15, 0.2) is 0 Å². The van der Waals surface area contributed by atoms with Crippen molar-refractivity contribution in [2.24, 2.45) is 0 Å². The minimum Gasteiger partial charge on any atom is -0.493 e. The monoisotopic (exact) mass is 246 g/mol. The summed E-state index contributed by atoms with van der Waals surface area (Å²) in [5.41, 5.74) is 0. The van der Waals surface area contributed by atoms with Gasteiger partial charge in [-0.3, -0.25) is 0 Å². The van der Waals surface area contributed by atoms with E-state index in [-0.39, 0.29) is 0 Å². The van der Waals surface area contributed by atoms with Gasteiger partial charge in [0.25, 0.3) is 0 Å². The van der Waals surface area contributed by atoms with Crippen molar-refractivity contribution in [3.05, 3.63) is 28.7 Å². The third-order valence-electron chi connectivity index (χ3n) is 1.58. The standard InChI is InChI=1S/C10H12BrFO/c1-8(12)5-6-13-10-4-2-3-9(11)7-10/h2-4,7-8H,5-6H2,1H3. The second-order valence-corrected chi connectivity index (χ2v) is 3.79. The van der Waals surface area contributed by atoms with Crippen LogP contribution >= 0.6 is 15.9 Å². The summed E-state index contributed by atoms with van der Waals surface area (Å²) < 4.78 is 18.7. The fourth-order valence-electron chi connectivity index (χ4n) is 0.896. The molecule has 0 aliphatic rings. The number of rotatable bonds is 4. The molecule has 13 heavy (non-hydrogen) atoms. The molecule has 1 aromatic carbocycles. The van der Waals surface area contributed by atoms with Crippen molar-refractivity contribution in [2.75, 3.05) is 6.61 Å². The zero-order valence-corrected chi connectivity index (χ0v) is 9.05. The normalized spacial score (nSPS) is 12.5. The van der Waals surface area contributed by atoms with Crippen LogP contribution in [0.25, 0.3) is 0 Å². The molecule has 0 spiro atoms. The summed E-state index contributed by atoms with van der Waals surface area (Å²) >= 11 is 3.33. The molecule has 0 heterocycles. The summed E-state index contributed by atoms with van der Waals surface area (Å²) in [4.78, 5) is 0. The van der Waals surface area contributed by atoms with E-state index in [1.165, 1.54) is 6.92 Å². The lowest BCUT2D eigenvalue weighted by Crippen LogP contribution is -2.03. The lowest BCUT2D eigenvalue weighted by molar-refractivity contribution is 0.247. The smallest absolute Gasteiger partial charge is 0.120 e. The molecule has 1 atom stereocenters. The quantitative estimate of drug-likeness (QED) is 0.790. The molecule has 0 saturated carbocycles. The largest absolute Gasteiger partial charge is 0.493 e. The van der Waals surface area contributed by atoms with Gasteiger partial charge in [0.05, 0.1) is 6.61 Å². The molecule has 1 rings (SSSR count). The van der Waals surface area contributed by atoms with Crippen molar-refractivity contribution >= 4 is 15.9 Å². The van der Waals surface area contributed by atoms with Gasteiger partial charge in [-0.15, -0.1) is 0 Å². The number of alkyl halides is 1. The Balaban J connectivity index is 2.37. The summed E-state index contributed by atoms with van der Waals surface area (Å²) in [6.45, 7) is 1.96. The number of ether oxygens (including phenoxy) is 1. The first-order valence-electron chi connectivity index (χ1n) is 4.21. The van der Waals surface area contributed by atoms with Gasteiger partial charge in [-0.25, -0.2) is 4.39 Å². The fourth-order valence-corrected chi connectivity index (χ4v) is 1.27. The first-order valence-corrected chi connectivity index (χ1v) is 5.00. The van der Waals surface area contributed by atoms with Crippen LogP contribution in [0.15, 0.2) is 28.7 Å². The zero-order chi connectivity index (χ0) is 9.68. The third kappa shape index (κ3) is 4.27. The van der Waals surface area contributed by atoms with E-state index in [0.29, 0.717) is 13.0 Å². The molecule has 1 unspecified atom stereocenters. The molecule has 0 N–H and O–H groups in total. The Kier molecular flexibility index (Phi) is 4.22. The Hall–Kier alpha value is -0.570. The van der Waals surface area contributed by atoms with E-state index < -0.39 is 6.17 Å². The summed E-state index contributed by atoms with van der Waals surface area (Å²) in [7, 11) is 0. The molecule has 72 valence electrons. The van der Waals surface area contributed by atoms with Crippen LogP contribution in [-0.4, -0.2) is 12.8 Å². The highest BCUT2D eigenvalue weighted by atomic mass is 79.9. The van der Waals surface area contributed by atoms with Gasteiger partial charge in [0.1, 0.15) is 11.9 Å². The van der Waals surface area contributed by atoms with Crippen LogP contribution in [0.1, 0.15) is 13.3 Å². The zero-order valence-electron chi connectivity index (χ0n) is 7.47. The average molecular weight is 247 g/mol. The van der Waals surface area contributed by atoms with E-state index in [9.17, 15) is 4.39 Å². The maximum absolute atomic E-state index is 12.4. The predicted molar refractivity (Wildman–Crippen MR) is 54.8 cm³/mol. The Bertz CT molecular complexity index is 263. The molecule has 0 aliphatic heterocycles. The molecular weight excluding hydrogens is 235 g/mol. The van der Waals surface area contributed by atoms with Gasteiger partial charge in [0, 0.05) is 10.9 Å². The van der Waals surface area contributed by atoms with Gasteiger partial charge in [-0.05, 0) is 25.1 Å². The van der Waals surface area contributed by atoms with E-state index in [0.717, 1.165) is 10.2 Å². The first kappa shape index (κ1) is 10.5. The van der Waals surface area contributed by atoms with Crippen molar-refractivity contribution < 1.29 is 9.13 Å². The van der Waals surface area contributed by atoms with Gasteiger partial charge >= 0.3 is 0 Å². The van der Waals surface area contributed by atoms with Crippen molar-refractivity contribution in [1.29, 1.82) is 0 Å². The van der Waals surface area contributed by atoms with Crippen LogP contribution < -0.4 is 4.74 Å². The van der Waals surface area contributed by atoms with Gasteiger partial charge in [0.2, 0.25) is 0 Å². The molecule has 0 bridgehead atoms. The minimum atomic E-state index is -0.799. The number of hydrogen-bond acceptors (Lipinski definition) is 1. The Labute approximate surface area is 86.0 Å². The molecule has 0 amide bonds.